The van der Waals surface area contributed by atoms with E-state index < -0.39 is 0 Å². The second-order valence-electron chi connectivity index (χ2n) is 4.15. The summed E-state index contributed by atoms with van der Waals surface area (Å²) in [4.78, 5) is 2.34. The van der Waals surface area contributed by atoms with Crippen molar-refractivity contribution < 1.29 is 9.13 Å². The van der Waals surface area contributed by atoms with Gasteiger partial charge in [-0.1, -0.05) is 12.1 Å². The molecule has 0 N–H and O–H groups in total. The van der Waals surface area contributed by atoms with Gasteiger partial charge in [0.2, 0.25) is 0 Å². The predicted octanol–water partition coefficient (Wildman–Crippen LogP) is 2.08. The minimum atomic E-state index is -0.169. The molecule has 1 radical (unpaired) electrons. The average Bonchev–Trinajstić information content (AvgIpc) is 2.76. The van der Waals surface area contributed by atoms with Crippen molar-refractivity contribution in [3.05, 3.63) is 42.1 Å². The van der Waals surface area contributed by atoms with Crippen LogP contribution in [0.1, 0.15) is 11.5 Å². The molecular formula is C13H17FNO. The largest absolute Gasteiger partial charge is 0.383 e. The lowest BCUT2D eigenvalue weighted by Gasteiger charge is -2.15. The molecule has 1 fully saturated rings. The summed E-state index contributed by atoms with van der Waals surface area (Å²) in [6.45, 7) is 3.73. The van der Waals surface area contributed by atoms with E-state index in [-0.39, 0.29) is 5.82 Å². The average molecular weight is 222 g/mol. The maximum atomic E-state index is 12.8. The number of halogens is 1. The fourth-order valence-corrected chi connectivity index (χ4v) is 2.06. The quantitative estimate of drug-likeness (QED) is 0.773. The van der Waals surface area contributed by atoms with Gasteiger partial charge in [-0.3, -0.25) is 0 Å². The van der Waals surface area contributed by atoms with Crippen LogP contribution in [-0.2, 0) is 4.74 Å². The summed E-state index contributed by atoms with van der Waals surface area (Å²) in [5, 5.41) is 0. The smallest absolute Gasteiger partial charge is 0.123 e. The van der Waals surface area contributed by atoms with E-state index in [1.54, 1.807) is 7.11 Å². The van der Waals surface area contributed by atoms with Gasteiger partial charge in [0.05, 0.1) is 6.61 Å². The molecule has 1 heterocycles. The monoisotopic (exact) mass is 222 g/mol. The molecule has 1 aliphatic heterocycles. The summed E-state index contributed by atoms with van der Waals surface area (Å²) in [5.74, 6) is 0.260. The molecule has 0 unspecified atom stereocenters. The minimum absolute atomic E-state index is 0.169. The maximum Gasteiger partial charge on any atom is 0.123 e. The molecule has 1 aliphatic rings. The maximum absolute atomic E-state index is 12.8. The van der Waals surface area contributed by atoms with Gasteiger partial charge in [0.25, 0.3) is 0 Å². The van der Waals surface area contributed by atoms with Crippen molar-refractivity contribution in [3.8, 4) is 0 Å². The third-order valence-corrected chi connectivity index (χ3v) is 3.01. The standard InChI is InChI=1S/C13H17FNO/c1-16-9-8-15-7-6-12(10-15)11-2-4-13(14)5-3-11/h2-6,12H,7-10H2,1H3/t12-/m0/s1. The Bertz CT molecular complexity index is 325. The molecule has 0 aliphatic carbocycles. The van der Waals surface area contributed by atoms with Gasteiger partial charge >= 0.3 is 0 Å². The van der Waals surface area contributed by atoms with Gasteiger partial charge in [0.15, 0.2) is 0 Å². The molecule has 0 aromatic heterocycles. The van der Waals surface area contributed by atoms with Crippen LogP contribution in [0.15, 0.2) is 24.3 Å². The van der Waals surface area contributed by atoms with Gasteiger partial charge in [-0.05, 0) is 24.1 Å². The van der Waals surface area contributed by atoms with E-state index in [9.17, 15) is 4.39 Å². The lowest BCUT2D eigenvalue weighted by atomic mass is 9.99. The number of hydrogen-bond donors (Lipinski definition) is 0. The summed E-state index contributed by atoms with van der Waals surface area (Å²) in [6.07, 6.45) is 2.28. The highest BCUT2D eigenvalue weighted by molar-refractivity contribution is 5.25. The fourth-order valence-electron chi connectivity index (χ4n) is 2.06. The molecule has 2 rings (SSSR count). The van der Waals surface area contributed by atoms with Crippen molar-refractivity contribution in [1.29, 1.82) is 0 Å². The van der Waals surface area contributed by atoms with E-state index in [4.69, 9.17) is 4.74 Å². The Morgan fingerprint density at radius 2 is 2.12 bits per heavy atom. The van der Waals surface area contributed by atoms with Crippen LogP contribution < -0.4 is 0 Å². The van der Waals surface area contributed by atoms with E-state index in [1.807, 2.05) is 12.1 Å². The first-order valence-corrected chi connectivity index (χ1v) is 5.59. The highest BCUT2D eigenvalue weighted by atomic mass is 19.1. The highest BCUT2D eigenvalue weighted by Crippen LogP contribution is 2.25. The molecule has 1 aromatic carbocycles. The number of rotatable bonds is 4. The van der Waals surface area contributed by atoms with Gasteiger partial charge in [-0.25, -0.2) is 4.39 Å². The number of nitrogens with zero attached hydrogens (tertiary/aromatic N) is 1. The molecule has 1 saturated heterocycles. The first-order chi connectivity index (χ1) is 7.79. The van der Waals surface area contributed by atoms with Gasteiger partial charge in [0, 0.05) is 32.7 Å². The summed E-state index contributed by atoms with van der Waals surface area (Å²) in [5.41, 5.74) is 1.20. The van der Waals surface area contributed by atoms with Crippen LogP contribution in [-0.4, -0.2) is 38.3 Å². The van der Waals surface area contributed by atoms with Crippen LogP contribution in [0.2, 0.25) is 0 Å². The summed E-state index contributed by atoms with van der Waals surface area (Å²) in [7, 11) is 1.72. The Labute approximate surface area is 96.0 Å². The molecule has 3 heteroatoms. The topological polar surface area (TPSA) is 12.5 Å². The highest BCUT2D eigenvalue weighted by Gasteiger charge is 2.23. The molecule has 0 bridgehead atoms. The lowest BCUT2D eigenvalue weighted by Crippen LogP contribution is -2.24. The number of methoxy groups -OCH3 is 1. The van der Waals surface area contributed by atoms with E-state index >= 15 is 0 Å². The molecule has 2 nitrogen and oxygen atoms in total. The van der Waals surface area contributed by atoms with Crippen molar-refractivity contribution >= 4 is 0 Å². The van der Waals surface area contributed by atoms with E-state index in [0.717, 1.165) is 26.2 Å². The number of ether oxygens (including phenoxy) is 1. The number of hydrogen-bond acceptors (Lipinski definition) is 2. The van der Waals surface area contributed by atoms with Crippen molar-refractivity contribution in [2.24, 2.45) is 0 Å². The molecule has 1 atom stereocenters. The van der Waals surface area contributed by atoms with Crippen molar-refractivity contribution in [2.45, 2.75) is 5.92 Å². The molecule has 0 amide bonds. The second kappa shape index (κ2) is 5.41. The summed E-state index contributed by atoms with van der Waals surface area (Å²) >= 11 is 0. The minimum Gasteiger partial charge on any atom is -0.383 e. The van der Waals surface area contributed by atoms with E-state index in [1.165, 1.54) is 17.7 Å². The molecule has 16 heavy (non-hydrogen) atoms. The molecule has 87 valence electrons. The first kappa shape index (κ1) is 11.6. The van der Waals surface area contributed by atoms with Crippen LogP contribution in [0.5, 0.6) is 0 Å². The van der Waals surface area contributed by atoms with Crippen LogP contribution >= 0.6 is 0 Å². The first-order valence-electron chi connectivity index (χ1n) is 5.59. The summed E-state index contributed by atoms with van der Waals surface area (Å²) < 4.78 is 17.8. The van der Waals surface area contributed by atoms with Gasteiger partial charge in [0.1, 0.15) is 5.82 Å². The van der Waals surface area contributed by atoms with Gasteiger partial charge < -0.3 is 9.64 Å². The molecule has 0 saturated carbocycles. The van der Waals surface area contributed by atoms with Crippen molar-refractivity contribution in [3.63, 3.8) is 0 Å². The van der Waals surface area contributed by atoms with Crippen LogP contribution in [0.4, 0.5) is 4.39 Å². The Balaban J connectivity index is 1.90. The van der Waals surface area contributed by atoms with Gasteiger partial charge in [-0.2, -0.15) is 0 Å². The van der Waals surface area contributed by atoms with Crippen LogP contribution in [0, 0.1) is 12.2 Å². The molecular weight excluding hydrogens is 205 g/mol. The SMILES string of the molecule is COCCN1C[CH][C@H](c2ccc(F)cc2)C1. The normalized spacial score (nSPS) is 21.5. The molecule has 0 spiro atoms. The number of likely N-dealkylation sites (tertiary alicyclic amines) is 1. The Morgan fingerprint density at radius 3 is 2.81 bits per heavy atom. The zero-order valence-corrected chi connectivity index (χ0v) is 9.53. The Hall–Kier alpha value is -0.930. The lowest BCUT2D eigenvalue weighted by molar-refractivity contribution is 0.161. The van der Waals surface area contributed by atoms with E-state index in [0.29, 0.717) is 5.92 Å². The third kappa shape index (κ3) is 2.80. The van der Waals surface area contributed by atoms with E-state index in [2.05, 4.69) is 11.3 Å². The van der Waals surface area contributed by atoms with Gasteiger partial charge in [-0.15, -0.1) is 0 Å². The Morgan fingerprint density at radius 1 is 1.38 bits per heavy atom. The zero-order valence-electron chi connectivity index (χ0n) is 9.53. The van der Waals surface area contributed by atoms with Crippen molar-refractivity contribution in [1.82, 2.24) is 4.90 Å². The van der Waals surface area contributed by atoms with Crippen LogP contribution in [0.25, 0.3) is 0 Å². The number of benzene rings is 1. The zero-order chi connectivity index (χ0) is 11.4. The second-order valence-corrected chi connectivity index (χ2v) is 4.15. The van der Waals surface area contributed by atoms with Crippen molar-refractivity contribution in [2.75, 3.05) is 33.4 Å². The Kier molecular flexibility index (Phi) is 3.91. The molecule has 1 aromatic rings. The predicted molar refractivity (Wildman–Crippen MR) is 61.8 cm³/mol. The third-order valence-electron chi connectivity index (χ3n) is 3.01. The fraction of sp³-hybridized carbons (Fsp3) is 0.462. The van der Waals surface area contributed by atoms with Crippen LogP contribution in [0.3, 0.4) is 0 Å². The summed E-state index contributed by atoms with van der Waals surface area (Å²) in [6, 6.07) is 6.80.